The Balaban J connectivity index is 2.17. The number of nitrogens with zero attached hydrogens (tertiary/aromatic N) is 1. The van der Waals surface area contributed by atoms with E-state index in [1.54, 1.807) is 18.2 Å². The van der Waals surface area contributed by atoms with Crippen molar-refractivity contribution >= 4 is 0 Å². The first-order valence-electron chi connectivity index (χ1n) is 7.01. The maximum atomic E-state index is 9.96. The van der Waals surface area contributed by atoms with Crippen LogP contribution in [0.4, 0.5) is 0 Å². The standard InChI is InChI=1S/C15H24N2O2/c1-10(16)12-5-4-8-17(9-12)11(2)15-13(18)6-3-7-14(15)19/h3,6-7,10-12,18-19H,4-5,8-9,16H2,1-2H3. The molecule has 4 heteroatoms. The van der Waals surface area contributed by atoms with Gasteiger partial charge in [-0.05, 0) is 51.3 Å². The van der Waals surface area contributed by atoms with Crippen LogP contribution in [0.3, 0.4) is 0 Å². The second kappa shape index (κ2) is 5.80. The molecule has 0 radical (unpaired) electrons. The Morgan fingerprint density at radius 2 is 1.89 bits per heavy atom. The second-order valence-electron chi connectivity index (χ2n) is 5.64. The third-order valence-corrected chi connectivity index (χ3v) is 4.26. The molecule has 1 aromatic rings. The summed E-state index contributed by atoms with van der Waals surface area (Å²) in [5, 5.41) is 19.9. The molecule has 3 atom stereocenters. The molecule has 1 saturated heterocycles. The third-order valence-electron chi connectivity index (χ3n) is 4.26. The highest BCUT2D eigenvalue weighted by Crippen LogP contribution is 2.37. The third kappa shape index (κ3) is 3.01. The van der Waals surface area contributed by atoms with E-state index in [1.807, 2.05) is 6.92 Å². The van der Waals surface area contributed by atoms with Crippen LogP contribution in [0.15, 0.2) is 18.2 Å². The SMILES string of the molecule is CC(N)C1CCCN(C(C)c2c(O)cccc2O)C1. The first-order valence-corrected chi connectivity index (χ1v) is 7.01. The highest BCUT2D eigenvalue weighted by molar-refractivity contribution is 5.45. The Kier molecular flexibility index (Phi) is 4.32. The van der Waals surface area contributed by atoms with Crippen LogP contribution in [0.2, 0.25) is 0 Å². The largest absolute Gasteiger partial charge is 0.507 e. The van der Waals surface area contributed by atoms with Crippen LogP contribution < -0.4 is 5.73 Å². The minimum Gasteiger partial charge on any atom is -0.507 e. The van der Waals surface area contributed by atoms with E-state index in [1.165, 1.54) is 0 Å². The first kappa shape index (κ1) is 14.2. The average molecular weight is 264 g/mol. The quantitative estimate of drug-likeness (QED) is 0.783. The Morgan fingerprint density at radius 1 is 1.26 bits per heavy atom. The van der Waals surface area contributed by atoms with Gasteiger partial charge in [-0.15, -0.1) is 0 Å². The van der Waals surface area contributed by atoms with Crippen LogP contribution in [-0.2, 0) is 0 Å². The van der Waals surface area contributed by atoms with Gasteiger partial charge in [0.25, 0.3) is 0 Å². The number of rotatable bonds is 3. The van der Waals surface area contributed by atoms with E-state index in [0.717, 1.165) is 25.9 Å². The maximum Gasteiger partial charge on any atom is 0.124 e. The zero-order valence-electron chi connectivity index (χ0n) is 11.7. The number of hydrogen-bond donors (Lipinski definition) is 3. The Morgan fingerprint density at radius 3 is 2.47 bits per heavy atom. The summed E-state index contributed by atoms with van der Waals surface area (Å²) in [6.45, 7) is 5.99. The predicted octanol–water partition coefficient (Wildman–Crippen LogP) is 2.22. The van der Waals surface area contributed by atoms with Gasteiger partial charge in [0.15, 0.2) is 0 Å². The summed E-state index contributed by atoms with van der Waals surface area (Å²) in [5.74, 6) is 0.815. The fourth-order valence-corrected chi connectivity index (χ4v) is 2.97. The van der Waals surface area contributed by atoms with Gasteiger partial charge in [0.05, 0.1) is 5.56 Å². The van der Waals surface area contributed by atoms with E-state index in [-0.39, 0.29) is 23.6 Å². The van der Waals surface area contributed by atoms with Gasteiger partial charge in [-0.1, -0.05) is 6.07 Å². The van der Waals surface area contributed by atoms with Gasteiger partial charge in [-0.25, -0.2) is 0 Å². The number of phenolic OH excluding ortho intramolecular Hbond substituents is 2. The van der Waals surface area contributed by atoms with E-state index in [2.05, 4.69) is 11.8 Å². The van der Waals surface area contributed by atoms with E-state index in [4.69, 9.17) is 5.73 Å². The van der Waals surface area contributed by atoms with Gasteiger partial charge in [0.1, 0.15) is 11.5 Å². The lowest BCUT2D eigenvalue weighted by molar-refractivity contribution is 0.119. The summed E-state index contributed by atoms with van der Waals surface area (Å²) in [4.78, 5) is 2.30. The molecule has 3 unspecified atom stereocenters. The fourth-order valence-electron chi connectivity index (χ4n) is 2.97. The molecule has 1 aliphatic heterocycles. The van der Waals surface area contributed by atoms with Crippen LogP contribution in [0.5, 0.6) is 11.5 Å². The Hall–Kier alpha value is -1.26. The zero-order chi connectivity index (χ0) is 14.0. The number of aromatic hydroxyl groups is 2. The lowest BCUT2D eigenvalue weighted by atomic mass is 9.90. The summed E-state index contributed by atoms with van der Waals surface area (Å²) < 4.78 is 0. The number of phenols is 2. The minimum absolute atomic E-state index is 0.00255. The molecule has 2 rings (SSSR count). The summed E-state index contributed by atoms with van der Waals surface area (Å²) in [5.41, 5.74) is 6.62. The van der Waals surface area contributed by atoms with Crippen LogP contribution in [0, 0.1) is 5.92 Å². The smallest absolute Gasteiger partial charge is 0.124 e. The minimum atomic E-state index is 0.00255. The van der Waals surface area contributed by atoms with Crippen molar-refractivity contribution in [3.05, 3.63) is 23.8 Å². The Labute approximate surface area is 114 Å². The van der Waals surface area contributed by atoms with E-state index in [0.29, 0.717) is 11.5 Å². The number of hydrogen-bond acceptors (Lipinski definition) is 4. The molecule has 0 aromatic heterocycles. The number of likely N-dealkylation sites (tertiary alicyclic amines) is 1. The van der Waals surface area contributed by atoms with E-state index in [9.17, 15) is 10.2 Å². The molecule has 1 heterocycles. The van der Waals surface area contributed by atoms with Crippen molar-refractivity contribution in [1.82, 2.24) is 4.90 Å². The molecule has 1 fully saturated rings. The molecule has 1 aromatic carbocycles. The van der Waals surface area contributed by atoms with Crippen molar-refractivity contribution in [2.45, 2.75) is 38.8 Å². The number of nitrogens with two attached hydrogens (primary N) is 1. The topological polar surface area (TPSA) is 69.7 Å². The fraction of sp³-hybridized carbons (Fsp3) is 0.600. The molecule has 1 aliphatic rings. The van der Waals surface area contributed by atoms with Crippen molar-refractivity contribution in [2.24, 2.45) is 11.7 Å². The molecule has 0 bridgehead atoms. The molecule has 4 N–H and O–H groups in total. The average Bonchev–Trinajstić information content (AvgIpc) is 2.38. The lowest BCUT2D eigenvalue weighted by Crippen LogP contribution is -2.43. The van der Waals surface area contributed by atoms with Crippen molar-refractivity contribution in [1.29, 1.82) is 0 Å². The van der Waals surface area contributed by atoms with Gasteiger partial charge < -0.3 is 15.9 Å². The van der Waals surface area contributed by atoms with Gasteiger partial charge >= 0.3 is 0 Å². The van der Waals surface area contributed by atoms with E-state index < -0.39 is 0 Å². The first-order chi connectivity index (χ1) is 9.00. The van der Waals surface area contributed by atoms with Crippen LogP contribution >= 0.6 is 0 Å². The highest BCUT2D eigenvalue weighted by Gasteiger charge is 2.28. The number of benzene rings is 1. The van der Waals surface area contributed by atoms with Crippen molar-refractivity contribution in [3.63, 3.8) is 0 Å². The molecule has 4 nitrogen and oxygen atoms in total. The monoisotopic (exact) mass is 264 g/mol. The molecule has 106 valence electrons. The number of piperidine rings is 1. The van der Waals surface area contributed by atoms with Gasteiger partial charge in [0.2, 0.25) is 0 Å². The molecular formula is C15H24N2O2. The summed E-state index contributed by atoms with van der Waals surface area (Å²) >= 11 is 0. The van der Waals surface area contributed by atoms with Gasteiger partial charge in [-0.3, -0.25) is 4.90 Å². The maximum absolute atomic E-state index is 9.96. The van der Waals surface area contributed by atoms with Gasteiger partial charge in [-0.2, -0.15) is 0 Å². The lowest BCUT2D eigenvalue weighted by Gasteiger charge is -2.38. The molecular weight excluding hydrogens is 240 g/mol. The van der Waals surface area contributed by atoms with E-state index >= 15 is 0 Å². The van der Waals surface area contributed by atoms with Crippen LogP contribution in [0.1, 0.15) is 38.3 Å². The van der Waals surface area contributed by atoms with Crippen molar-refractivity contribution in [2.75, 3.05) is 13.1 Å². The molecule has 19 heavy (non-hydrogen) atoms. The summed E-state index contributed by atoms with van der Waals surface area (Å²) in [6.07, 6.45) is 2.28. The molecule has 0 spiro atoms. The normalized spacial score (nSPS) is 24.1. The second-order valence-corrected chi connectivity index (χ2v) is 5.64. The van der Waals surface area contributed by atoms with Crippen LogP contribution in [0.25, 0.3) is 0 Å². The molecule has 0 saturated carbocycles. The molecule has 0 aliphatic carbocycles. The predicted molar refractivity (Wildman–Crippen MR) is 76.1 cm³/mol. The molecule has 0 amide bonds. The van der Waals surface area contributed by atoms with Gasteiger partial charge in [0, 0.05) is 18.6 Å². The van der Waals surface area contributed by atoms with Crippen molar-refractivity contribution in [3.8, 4) is 11.5 Å². The van der Waals surface area contributed by atoms with Crippen molar-refractivity contribution < 1.29 is 10.2 Å². The zero-order valence-corrected chi connectivity index (χ0v) is 11.7. The van der Waals surface area contributed by atoms with Crippen LogP contribution in [-0.4, -0.2) is 34.2 Å². The summed E-state index contributed by atoms with van der Waals surface area (Å²) in [7, 11) is 0. The Bertz CT molecular complexity index is 414. The highest BCUT2D eigenvalue weighted by atomic mass is 16.3. The summed E-state index contributed by atoms with van der Waals surface area (Å²) in [6, 6.07) is 5.09.